The molecule has 2 aromatic heterocycles. The number of amides is 1. The topological polar surface area (TPSA) is 79.0 Å². The minimum Gasteiger partial charge on any atom is -0.344 e. The van der Waals surface area contributed by atoms with Gasteiger partial charge in [-0.05, 0) is 43.1 Å². The van der Waals surface area contributed by atoms with Crippen LogP contribution in [0.5, 0.6) is 0 Å². The first-order chi connectivity index (χ1) is 13.8. The lowest BCUT2D eigenvalue weighted by Crippen LogP contribution is -2.42. The molecule has 0 saturated carbocycles. The normalized spacial score (nSPS) is 17.3. The van der Waals surface area contributed by atoms with Crippen LogP contribution >= 0.6 is 0 Å². The molecule has 0 radical (unpaired) electrons. The molecular formula is C23H32N4O2. The van der Waals surface area contributed by atoms with Gasteiger partial charge in [0, 0.05) is 25.7 Å². The van der Waals surface area contributed by atoms with Crippen LogP contribution in [-0.2, 0) is 11.2 Å². The van der Waals surface area contributed by atoms with Gasteiger partial charge in [0.1, 0.15) is 5.52 Å². The second kappa shape index (κ2) is 8.89. The van der Waals surface area contributed by atoms with Crippen molar-refractivity contribution in [3.63, 3.8) is 0 Å². The first kappa shape index (κ1) is 21.2. The summed E-state index contributed by atoms with van der Waals surface area (Å²) in [4.78, 5) is 38.8. The minimum atomic E-state index is 0.00105. The van der Waals surface area contributed by atoms with E-state index in [1.165, 1.54) is 6.08 Å². The lowest BCUT2D eigenvalue weighted by atomic mass is 9.76. The van der Waals surface area contributed by atoms with E-state index in [-0.39, 0.29) is 17.1 Å². The van der Waals surface area contributed by atoms with Crippen molar-refractivity contribution in [2.75, 3.05) is 13.1 Å². The van der Waals surface area contributed by atoms with E-state index in [0.29, 0.717) is 29.1 Å². The molecule has 1 aliphatic heterocycles. The quantitative estimate of drug-likeness (QED) is 0.532. The number of carbonyl (C=O) groups is 2. The largest absolute Gasteiger partial charge is 0.344 e. The Bertz CT molecular complexity index is 893. The van der Waals surface area contributed by atoms with Gasteiger partial charge in [-0.25, -0.2) is 9.97 Å². The number of hydrogen-bond donors (Lipinski definition) is 1. The van der Waals surface area contributed by atoms with Gasteiger partial charge in [-0.3, -0.25) is 9.59 Å². The fourth-order valence-electron chi connectivity index (χ4n) is 3.95. The van der Waals surface area contributed by atoms with Crippen molar-refractivity contribution in [2.24, 2.45) is 11.3 Å². The molecule has 2 aromatic rings. The van der Waals surface area contributed by atoms with Crippen molar-refractivity contribution < 1.29 is 9.59 Å². The van der Waals surface area contributed by atoms with Gasteiger partial charge in [-0.2, -0.15) is 0 Å². The zero-order chi connectivity index (χ0) is 21.0. The van der Waals surface area contributed by atoms with Crippen LogP contribution in [0.1, 0.15) is 68.9 Å². The Hall–Kier alpha value is -2.50. The van der Waals surface area contributed by atoms with Crippen molar-refractivity contribution in [1.29, 1.82) is 0 Å². The minimum absolute atomic E-state index is 0.00105. The maximum Gasteiger partial charge on any atom is 0.245 e. The number of H-pyrrole nitrogens is 1. The van der Waals surface area contributed by atoms with Crippen LogP contribution < -0.4 is 0 Å². The molecule has 6 nitrogen and oxygen atoms in total. The van der Waals surface area contributed by atoms with Gasteiger partial charge in [0.15, 0.2) is 11.4 Å². The summed E-state index contributed by atoms with van der Waals surface area (Å²) in [7, 11) is 0. The van der Waals surface area contributed by atoms with E-state index in [1.807, 2.05) is 4.90 Å². The van der Waals surface area contributed by atoms with E-state index in [4.69, 9.17) is 4.98 Å². The van der Waals surface area contributed by atoms with Crippen LogP contribution in [0.15, 0.2) is 25.0 Å². The molecule has 1 atom stereocenters. The van der Waals surface area contributed by atoms with E-state index >= 15 is 0 Å². The third kappa shape index (κ3) is 4.92. The van der Waals surface area contributed by atoms with Gasteiger partial charge in [-0.15, -0.1) is 0 Å². The Kier molecular flexibility index (Phi) is 6.50. The highest BCUT2D eigenvalue weighted by molar-refractivity contribution is 6.05. The molecule has 0 aromatic carbocycles. The zero-order valence-electron chi connectivity index (χ0n) is 17.8. The molecule has 3 heterocycles. The fourth-order valence-corrected chi connectivity index (χ4v) is 3.95. The first-order valence-electron chi connectivity index (χ1n) is 10.6. The molecule has 0 bridgehead atoms. The Labute approximate surface area is 172 Å². The van der Waals surface area contributed by atoms with Crippen LogP contribution in [-0.4, -0.2) is 44.6 Å². The van der Waals surface area contributed by atoms with Gasteiger partial charge in [0.25, 0.3) is 0 Å². The second-order valence-electron chi connectivity index (χ2n) is 8.75. The molecule has 1 unspecified atom stereocenters. The van der Waals surface area contributed by atoms with Gasteiger partial charge >= 0.3 is 0 Å². The maximum atomic E-state index is 12.7. The molecule has 6 heteroatoms. The number of fused-ring (bicyclic) bond motifs is 1. The van der Waals surface area contributed by atoms with E-state index in [0.717, 1.165) is 50.9 Å². The molecule has 3 rings (SSSR count). The number of carbonyl (C=O) groups excluding carboxylic acids is 2. The number of Topliss-reactive ketones (excluding diaryl/α,β-unsaturated/α-hetero) is 1. The third-order valence-corrected chi connectivity index (χ3v) is 6.36. The van der Waals surface area contributed by atoms with Crippen molar-refractivity contribution in [3.8, 4) is 0 Å². The standard InChI is InChI=1S/C23H32N4O2/c1-5-16(3)7-8-19(28)18-15-25-22-21(18)26-17(14-24-22)13-23(4)9-11-27(12-10-23)20(29)6-2/h6,14-16H,2,5,7-13H2,1,3-4H3,(H,24,25). The van der Waals surface area contributed by atoms with Crippen LogP contribution in [0, 0.1) is 11.3 Å². The Morgan fingerprint density at radius 2 is 2.10 bits per heavy atom. The van der Waals surface area contributed by atoms with Gasteiger partial charge in [-0.1, -0.05) is 33.8 Å². The van der Waals surface area contributed by atoms with E-state index in [2.05, 4.69) is 37.3 Å². The summed E-state index contributed by atoms with van der Waals surface area (Å²) in [6.45, 7) is 11.6. The number of piperidine rings is 1. The van der Waals surface area contributed by atoms with Crippen LogP contribution in [0.3, 0.4) is 0 Å². The summed E-state index contributed by atoms with van der Waals surface area (Å²) in [5.74, 6) is 0.677. The number of hydrogen-bond acceptors (Lipinski definition) is 4. The number of nitrogens with zero attached hydrogens (tertiary/aromatic N) is 3. The molecule has 1 amide bonds. The maximum absolute atomic E-state index is 12.7. The van der Waals surface area contributed by atoms with Gasteiger partial charge in [0.2, 0.25) is 5.91 Å². The molecular weight excluding hydrogens is 364 g/mol. The lowest BCUT2D eigenvalue weighted by molar-refractivity contribution is -0.128. The molecule has 29 heavy (non-hydrogen) atoms. The SMILES string of the molecule is C=CC(=O)N1CCC(C)(Cc2cnc3[nH]cc(C(=O)CCC(C)CC)c3n2)CC1. The molecule has 0 spiro atoms. The summed E-state index contributed by atoms with van der Waals surface area (Å²) in [6.07, 6.45) is 10.1. The fraction of sp³-hybridized carbons (Fsp3) is 0.565. The monoisotopic (exact) mass is 396 g/mol. The second-order valence-corrected chi connectivity index (χ2v) is 8.75. The van der Waals surface area contributed by atoms with E-state index in [1.54, 1.807) is 12.4 Å². The van der Waals surface area contributed by atoms with Crippen LogP contribution in [0.25, 0.3) is 11.2 Å². The van der Waals surface area contributed by atoms with Crippen molar-refractivity contribution in [2.45, 2.75) is 59.3 Å². The molecule has 1 fully saturated rings. The van der Waals surface area contributed by atoms with Crippen molar-refractivity contribution >= 4 is 22.9 Å². The Morgan fingerprint density at radius 3 is 2.76 bits per heavy atom. The summed E-state index contributed by atoms with van der Waals surface area (Å²) < 4.78 is 0. The Balaban J connectivity index is 1.72. The van der Waals surface area contributed by atoms with Crippen molar-refractivity contribution in [1.82, 2.24) is 19.9 Å². The molecule has 1 saturated heterocycles. The number of likely N-dealkylation sites (tertiary alicyclic amines) is 1. The number of aromatic nitrogens is 3. The summed E-state index contributed by atoms with van der Waals surface area (Å²) >= 11 is 0. The number of nitrogens with one attached hydrogen (secondary N) is 1. The average molecular weight is 397 g/mol. The highest BCUT2D eigenvalue weighted by Gasteiger charge is 2.32. The predicted octanol–water partition coefficient (Wildman–Crippen LogP) is 4.32. The number of aromatic amines is 1. The highest BCUT2D eigenvalue weighted by atomic mass is 16.2. The number of rotatable bonds is 8. The van der Waals surface area contributed by atoms with Gasteiger partial charge < -0.3 is 9.88 Å². The van der Waals surface area contributed by atoms with Crippen LogP contribution in [0.2, 0.25) is 0 Å². The third-order valence-electron chi connectivity index (χ3n) is 6.36. The molecule has 1 N–H and O–H groups in total. The summed E-state index contributed by atoms with van der Waals surface area (Å²) in [5.41, 5.74) is 2.96. The molecule has 1 aliphatic rings. The summed E-state index contributed by atoms with van der Waals surface area (Å²) in [5, 5.41) is 0. The van der Waals surface area contributed by atoms with E-state index in [9.17, 15) is 9.59 Å². The van der Waals surface area contributed by atoms with Crippen LogP contribution in [0.4, 0.5) is 0 Å². The Morgan fingerprint density at radius 1 is 1.38 bits per heavy atom. The average Bonchev–Trinajstić information content (AvgIpc) is 3.14. The zero-order valence-corrected chi connectivity index (χ0v) is 17.8. The van der Waals surface area contributed by atoms with E-state index < -0.39 is 0 Å². The molecule has 0 aliphatic carbocycles. The van der Waals surface area contributed by atoms with Crippen molar-refractivity contribution in [3.05, 3.63) is 36.3 Å². The smallest absolute Gasteiger partial charge is 0.245 e. The molecule has 156 valence electrons. The highest BCUT2D eigenvalue weighted by Crippen LogP contribution is 2.34. The number of ketones is 1. The first-order valence-corrected chi connectivity index (χ1v) is 10.6. The lowest BCUT2D eigenvalue weighted by Gasteiger charge is -2.39. The summed E-state index contributed by atoms with van der Waals surface area (Å²) in [6, 6.07) is 0. The van der Waals surface area contributed by atoms with Gasteiger partial charge in [0.05, 0.1) is 17.5 Å². The predicted molar refractivity (Wildman–Crippen MR) is 115 cm³/mol.